The van der Waals surface area contributed by atoms with E-state index < -0.39 is 0 Å². The van der Waals surface area contributed by atoms with Gasteiger partial charge in [0.2, 0.25) is 0 Å². The third kappa shape index (κ3) is 3.80. The van der Waals surface area contributed by atoms with E-state index in [0.717, 1.165) is 42.0 Å². The summed E-state index contributed by atoms with van der Waals surface area (Å²) in [5, 5.41) is 0.931. The van der Waals surface area contributed by atoms with Crippen molar-refractivity contribution in [2.45, 2.75) is 13.0 Å². The number of rotatable bonds is 4. The van der Waals surface area contributed by atoms with Crippen LogP contribution >= 0.6 is 15.9 Å². The fourth-order valence-electron chi connectivity index (χ4n) is 3.63. The fraction of sp³-hybridized carbons (Fsp3) is 0.286. The molecule has 6 nitrogen and oxygen atoms in total. The van der Waals surface area contributed by atoms with Crippen LogP contribution in [0.1, 0.15) is 17.3 Å². The molecule has 0 spiro atoms. The summed E-state index contributed by atoms with van der Waals surface area (Å²) in [5.41, 5.74) is 2.63. The van der Waals surface area contributed by atoms with Gasteiger partial charge in [0.25, 0.3) is 0 Å². The number of halogens is 1. The monoisotopic (exact) mass is 440 g/mol. The van der Waals surface area contributed by atoms with Crippen molar-refractivity contribution >= 4 is 44.3 Å². The standard InChI is InChI=1S/C21H21BrN4O2/c1-15-13-25(20-4-2-3-7-23-20)8-9-26(15)18-11-17-10-16(21(27)28-14-22)5-6-19(17)24-12-18/h2-7,10-12,15H,8-9,13-14H2,1H3/t15-/m0/s1. The molecule has 1 fully saturated rings. The molecule has 0 N–H and O–H groups in total. The maximum absolute atomic E-state index is 12.0. The number of nitrogens with zero attached hydrogens (tertiary/aromatic N) is 4. The van der Waals surface area contributed by atoms with Crippen LogP contribution in [0.5, 0.6) is 0 Å². The lowest BCUT2D eigenvalue weighted by Gasteiger charge is -2.41. The van der Waals surface area contributed by atoms with Crippen LogP contribution in [0, 0.1) is 0 Å². The van der Waals surface area contributed by atoms with Crippen molar-refractivity contribution in [2.24, 2.45) is 0 Å². The first-order valence-electron chi connectivity index (χ1n) is 9.21. The zero-order valence-electron chi connectivity index (χ0n) is 15.6. The first kappa shape index (κ1) is 18.7. The highest BCUT2D eigenvalue weighted by molar-refractivity contribution is 9.09. The summed E-state index contributed by atoms with van der Waals surface area (Å²) in [5.74, 6) is 0.669. The molecule has 7 heteroatoms. The maximum Gasteiger partial charge on any atom is 0.338 e. The van der Waals surface area contributed by atoms with Crippen molar-refractivity contribution in [3.05, 3.63) is 60.4 Å². The molecule has 0 aliphatic carbocycles. The number of hydrogen-bond donors (Lipinski definition) is 0. The van der Waals surface area contributed by atoms with Gasteiger partial charge in [0, 0.05) is 37.3 Å². The van der Waals surface area contributed by atoms with Crippen LogP contribution in [0.3, 0.4) is 0 Å². The first-order valence-corrected chi connectivity index (χ1v) is 10.3. The third-order valence-electron chi connectivity index (χ3n) is 5.02. The second-order valence-corrected chi connectivity index (χ2v) is 7.28. The van der Waals surface area contributed by atoms with E-state index in [1.54, 1.807) is 6.07 Å². The normalized spacial score (nSPS) is 17.0. The maximum atomic E-state index is 12.0. The number of pyridine rings is 2. The summed E-state index contributed by atoms with van der Waals surface area (Å²) in [6.07, 6.45) is 3.74. The predicted octanol–water partition coefficient (Wildman–Crippen LogP) is 3.85. The van der Waals surface area contributed by atoms with E-state index in [9.17, 15) is 4.79 Å². The lowest BCUT2D eigenvalue weighted by atomic mass is 10.1. The summed E-state index contributed by atoms with van der Waals surface area (Å²) in [6.45, 7) is 4.89. The van der Waals surface area contributed by atoms with Crippen LogP contribution in [0.15, 0.2) is 54.9 Å². The van der Waals surface area contributed by atoms with Gasteiger partial charge < -0.3 is 14.5 Å². The van der Waals surface area contributed by atoms with Gasteiger partial charge in [-0.15, -0.1) is 0 Å². The van der Waals surface area contributed by atoms with Gasteiger partial charge in [-0.05, 0) is 59.3 Å². The molecule has 1 atom stereocenters. The molecule has 0 bridgehead atoms. The Kier molecular flexibility index (Phi) is 5.43. The number of aromatic nitrogens is 2. The van der Waals surface area contributed by atoms with Crippen molar-refractivity contribution in [2.75, 3.05) is 35.0 Å². The average Bonchev–Trinajstić information content (AvgIpc) is 2.73. The SMILES string of the molecule is C[C@H]1CN(c2ccccn2)CCN1c1cnc2ccc(C(=O)OCBr)cc2c1. The van der Waals surface area contributed by atoms with Gasteiger partial charge in [0.15, 0.2) is 0 Å². The highest BCUT2D eigenvalue weighted by atomic mass is 79.9. The Balaban J connectivity index is 1.56. The summed E-state index contributed by atoms with van der Waals surface area (Å²) < 4.78 is 5.03. The molecule has 0 amide bonds. The van der Waals surface area contributed by atoms with Crippen molar-refractivity contribution in [3.63, 3.8) is 0 Å². The Morgan fingerprint density at radius 2 is 2.11 bits per heavy atom. The molecule has 1 saturated heterocycles. The molecule has 3 aromatic rings. The van der Waals surface area contributed by atoms with E-state index in [4.69, 9.17) is 4.74 Å². The van der Waals surface area contributed by atoms with Gasteiger partial charge >= 0.3 is 5.97 Å². The number of fused-ring (bicyclic) bond motifs is 1. The largest absolute Gasteiger partial charge is 0.450 e. The Morgan fingerprint density at radius 1 is 1.21 bits per heavy atom. The van der Waals surface area contributed by atoms with Crippen LogP contribution in [0.4, 0.5) is 11.5 Å². The smallest absolute Gasteiger partial charge is 0.338 e. The highest BCUT2D eigenvalue weighted by Crippen LogP contribution is 2.26. The minimum atomic E-state index is -0.346. The van der Waals surface area contributed by atoms with Crippen molar-refractivity contribution in [3.8, 4) is 0 Å². The van der Waals surface area contributed by atoms with Gasteiger partial charge in [0.1, 0.15) is 11.3 Å². The molecular weight excluding hydrogens is 420 g/mol. The van der Waals surface area contributed by atoms with E-state index in [1.807, 2.05) is 42.7 Å². The zero-order chi connectivity index (χ0) is 19.5. The minimum absolute atomic E-state index is 0.181. The number of piperazine rings is 1. The van der Waals surface area contributed by atoms with Gasteiger partial charge in [-0.1, -0.05) is 6.07 Å². The number of carbonyl (C=O) groups is 1. The average molecular weight is 441 g/mol. The van der Waals surface area contributed by atoms with Gasteiger partial charge in [-0.3, -0.25) is 4.98 Å². The van der Waals surface area contributed by atoms with E-state index in [2.05, 4.69) is 48.7 Å². The van der Waals surface area contributed by atoms with Gasteiger partial charge in [-0.25, -0.2) is 9.78 Å². The fourth-order valence-corrected chi connectivity index (χ4v) is 3.83. The number of anilines is 2. The van der Waals surface area contributed by atoms with Gasteiger partial charge in [-0.2, -0.15) is 0 Å². The number of alkyl halides is 1. The first-order chi connectivity index (χ1) is 13.7. The summed E-state index contributed by atoms with van der Waals surface area (Å²) in [4.78, 5) is 25.7. The molecule has 0 radical (unpaired) electrons. The minimum Gasteiger partial charge on any atom is -0.450 e. The van der Waals surface area contributed by atoms with Crippen LogP contribution in [-0.4, -0.2) is 47.1 Å². The Morgan fingerprint density at radius 3 is 2.86 bits per heavy atom. The number of hydrogen-bond acceptors (Lipinski definition) is 6. The Labute approximate surface area is 172 Å². The molecular formula is C21H21BrN4O2. The van der Waals surface area contributed by atoms with Crippen molar-refractivity contribution in [1.82, 2.24) is 9.97 Å². The van der Waals surface area contributed by atoms with Crippen molar-refractivity contribution in [1.29, 1.82) is 0 Å². The molecule has 3 heterocycles. The Hall–Kier alpha value is -2.67. The molecule has 28 heavy (non-hydrogen) atoms. The quantitative estimate of drug-likeness (QED) is 0.453. The lowest BCUT2D eigenvalue weighted by Crippen LogP contribution is -2.52. The summed E-state index contributed by atoms with van der Waals surface area (Å²) >= 11 is 3.12. The molecule has 1 aliphatic heterocycles. The Bertz CT molecular complexity index is 983. The molecule has 1 aliphatic rings. The van der Waals surface area contributed by atoms with Crippen molar-refractivity contribution < 1.29 is 9.53 Å². The molecule has 4 rings (SSSR count). The van der Waals surface area contributed by atoms with Crippen LogP contribution in [-0.2, 0) is 4.74 Å². The van der Waals surface area contributed by atoms with Crippen LogP contribution < -0.4 is 9.80 Å². The van der Waals surface area contributed by atoms with E-state index in [0.29, 0.717) is 11.6 Å². The topological polar surface area (TPSA) is 58.6 Å². The van der Waals surface area contributed by atoms with E-state index in [1.165, 1.54) is 0 Å². The number of benzene rings is 1. The zero-order valence-corrected chi connectivity index (χ0v) is 17.2. The molecule has 144 valence electrons. The second kappa shape index (κ2) is 8.14. The lowest BCUT2D eigenvalue weighted by molar-refractivity contribution is 0.0584. The molecule has 1 aromatic carbocycles. The van der Waals surface area contributed by atoms with Crippen LogP contribution in [0.25, 0.3) is 10.9 Å². The summed E-state index contributed by atoms with van der Waals surface area (Å²) in [7, 11) is 0. The number of carbonyl (C=O) groups excluding carboxylic acids is 1. The second-order valence-electron chi connectivity index (χ2n) is 6.82. The molecule has 0 unspecified atom stereocenters. The highest BCUT2D eigenvalue weighted by Gasteiger charge is 2.25. The predicted molar refractivity (Wildman–Crippen MR) is 114 cm³/mol. The van der Waals surface area contributed by atoms with Gasteiger partial charge in [0.05, 0.1) is 23.0 Å². The molecule has 2 aromatic heterocycles. The van der Waals surface area contributed by atoms with Crippen LogP contribution in [0.2, 0.25) is 0 Å². The number of esters is 1. The van der Waals surface area contributed by atoms with E-state index in [-0.39, 0.29) is 11.5 Å². The van der Waals surface area contributed by atoms with E-state index >= 15 is 0 Å². The molecule has 0 saturated carbocycles. The summed E-state index contributed by atoms with van der Waals surface area (Å²) in [6, 6.07) is 13.9. The number of ether oxygens (including phenoxy) is 1. The third-order valence-corrected chi connectivity index (χ3v) is 5.25.